The van der Waals surface area contributed by atoms with Gasteiger partial charge >= 0.3 is 0 Å². The van der Waals surface area contributed by atoms with E-state index in [4.69, 9.17) is 5.73 Å². The van der Waals surface area contributed by atoms with E-state index in [-0.39, 0.29) is 11.9 Å². The van der Waals surface area contributed by atoms with Crippen LogP contribution in [0.15, 0.2) is 30.7 Å². The molecule has 3 rings (SSSR count). The van der Waals surface area contributed by atoms with Crippen LogP contribution in [0.25, 0.3) is 10.6 Å². The number of carbonyl (C=O) groups is 1. The first-order valence-electron chi connectivity index (χ1n) is 7.56. The summed E-state index contributed by atoms with van der Waals surface area (Å²) in [5.74, 6) is 0.687. The first-order chi connectivity index (χ1) is 10.7. The summed E-state index contributed by atoms with van der Waals surface area (Å²) >= 11 is 1.43. The summed E-state index contributed by atoms with van der Waals surface area (Å²) in [6.45, 7) is 3.52. The highest BCUT2D eigenvalue weighted by atomic mass is 32.1. The van der Waals surface area contributed by atoms with Gasteiger partial charge < -0.3 is 10.6 Å². The molecule has 2 N–H and O–H groups in total. The Morgan fingerprint density at radius 3 is 2.95 bits per heavy atom. The lowest BCUT2D eigenvalue weighted by molar-refractivity contribution is 0.0578. The Morgan fingerprint density at radius 2 is 2.23 bits per heavy atom. The standard InChI is InChI=1S/C16H20N4OS/c1-11-4-7-20(13(8-11)9-17)16(21)14-10-19-15(22-14)12-2-5-18-6-3-12/h2-3,5-6,10-11,13H,4,7-9,17H2,1H3. The fraction of sp³-hybridized carbons (Fsp3) is 0.438. The second-order valence-electron chi connectivity index (χ2n) is 5.78. The third kappa shape index (κ3) is 3.03. The van der Waals surface area contributed by atoms with Crippen molar-refractivity contribution < 1.29 is 4.79 Å². The zero-order valence-electron chi connectivity index (χ0n) is 12.6. The highest BCUT2D eigenvalue weighted by molar-refractivity contribution is 7.16. The summed E-state index contributed by atoms with van der Waals surface area (Å²) in [6.07, 6.45) is 7.16. The molecule has 116 valence electrons. The predicted octanol–water partition coefficient (Wildman–Crippen LogP) is 2.40. The number of carbonyl (C=O) groups excluding carboxylic acids is 1. The van der Waals surface area contributed by atoms with Crippen LogP contribution in [0.3, 0.4) is 0 Å². The second-order valence-corrected chi connectivity index (χ2v) is 6.81. The van der Waals surface area contributed by atoms with Gasteiger partial charge in [0, 0.05) is 37.1 Å². The number of hydrogen-bond donors (Lipinski definition) is 1. The first-order valence-corrected chi connectivity index (χ1v) is 8.38. The van der Waals surface area contributed by atoms with Crippen molar-refractivity contribution in [2.45, 2.75) is 25.8 Å². The molecule has 5 nitrogen and oxygen atoms in total. The van der Waals surface area contributed by atoms with Crippen molar-refractivity contribution in [1.29, 1.82) is 0 Å². The monoisotopic (exact) mass is 316 g/mol. The molecule has 1 aliphatic rings. The van der Waals surface area contributed by atoms with Crippen molar-refractivity contribution in [3.05, 3.63) is 35.6 Å². The van der Waals surface area contributed by atoms with E-state index >= 15 is 0 Å². The van der Waals surface area contributed by atoms with Gasteiger partial charge in [0.1, 0.15) is 9.88 Å². The molecule has 2 aromatic rings. The summed E-state index contributed by atoms with van der Waals surface area (Å²) in [6, 6.07) is 3.94. The Kier molecular flexibility index (Phi) is 4.49. The number of likely N-dealkylation sites (tertiary alicyclic amines) is 1. The van der Waals surface area contributed by atoms with Gasteiger partial charge in [-0.3, -0.25) is 9.78 Å². The van der Waals surface area contributed by atoms with Gasteiger partial charge in [0.15, 0.2) is 0 Å². The van der Waals surface area contributed by atoms with E-state index in [0.717, 1.165) is 30.0 Å². The lowest BCUT2D eigenvalue weighted by Gasteiger charge is -2.37. The minimum absolute atomic E-state index is 0.0557. The molecule has 2 unspecified atom stereocenters. The van der Waals surface area contributed by atoms with Crippen LogP contribution < -0.4 is 5.73 Å². The Bertz CT molecular complexity index is 643. The summed E-state index contributed by atoms with van der Waals surface area (Å²) < 4.78 is 0. The van der Waals surface area contributed by atoms with Crippen molar-refractivity contribution >= 4 is 17.2 Å². The maximum Gasteiger partial charge on any atom is 0.265 e. The predicted molar refractivity (Wildman–Crippen MR) is 87.6 cm³/mol. The Balaban J connectivity index is 1.79. The zero-order chi connectivity index (χ0) is 15.5. The molecule has 0 spiro atoms. The fourth-order valence-corrected chi connectivity index (χ4v) is 3.76. The van der Waals surface area contributed by atoms with Gasteiger partial charge in [-0.1, -0.05) is 6.92 Å². The van der Waals surface area contributed by atoms with Gasteiger partial charge in [0.25, 0.3) is 5.91 Å². The smallest absolute Gasteiger partial charge is 0.265 e. The van der Waals surface area contributed by atoms with Gasteiger partial charge in [-0.15, -0.1) is 11.3 Å². The van der Waals surface area contributed by atoms with Crippen molar-refractivity contribution in [1.82, 2.24) is 14.9 Å². The number of nitrogens with zero attached hydrogens (tertiary/aromatic N) is 3. The number of piperidine rings is 1. The normalized spacial score (nSPS) is 21.8. The topological polar surface area (TPSA) is 72.1 Å². The maximum atomic E-state index is 12.7. The molecular formula is C16H20N4OS. The summed E-state index contributed by atoms with van der Waals surface area (Å²) in [5.41, 5.74) is 6.84. The lowest BCUT2D eigenvalue weighted by atomic mass is 9.92. The van der Waals surface area contributed by atoms with E-state index < -0.39 is 0 Å². The highest BCUT2D eigenvalue weighted by Gasteiger charge is 2.30. The van der Waals surface area contributed by atoms with E-state index in [2.05, 4.69) is 16.9 Å². The molecule has 22 heavy (non-hydrogen) atoms. The Labute approximate surface area is 134 Å². The van der Waals surface area contributed by atoms with Crippen molar-refractivity contribution in [3.8, 4) is 10.6 Å². The number of nitrogens with two attached hydrogens (primary N) is 1. The molecule has 0 bridgehead atoms. The largest absolute Gasteiger partial charge is 0.334 e. The van der Waals surface area contributed by atoms with E-state index in [9.17, 15) is 4.79 Å². The third-order valence-electron chi connectivity index (χ3n) is 4.15. The van der Waals surface area contributed by atoms with Crippen molar-refractivity contribution in [3.63, 3.8) is 0 Å². The zero-order valence-corrected chi connectivity index (χ0v) is 13.4. The van der Waals surface area contributed by atoms with E-state index in [1.807, 2.05) is 17.0 Å². The summed E-state index contributed by atoms with van der Waals surface area (Å²) in [4.78, 5) is 23.7. The molecule has 0 saturated carbocycles. The first kappa shape index (κ1) is 15.1. The average molecular weight is 316 g/mol. The van der Waals surface area contributed by atoms with Crippen LogP contribution >= 0.6 is 11.3 Å². The molecule has 1 amide bonds. The van der Waals surface area contributed by atoms with Crippen LogP contribution in [0.1, 0.15) is 29.4 Å². The highest BCUT2D eigenvalue weighted by Crippen LogP contribution is 2.28. The molecule has 2 atom stereocenters. The van der Waals surface area contributed by atoms with Crippen LogP contribution in [-0.2, 0) is 0 Å². The van der Waals surface area contributed by atoms with Crippen LogP contribution in [0.4, 0.5) is 0 Å². The summed E-state index contributed by atoms with van der Waals surface area (Å²) in [7, 11) is 0. The van der Waals surface area contributed by atoms with E-state index in [1.54, 1.807) is 18.6 Å². The summed E-state index contributed by atoms with van der Waals surface area (Å²) in [5, 5.41) is 0.848. The van der Waals surface area contributed by atoms with Gasteiger partial charge in [0.2, 0.25) is 0 Å². The number of pyridine rings is 1. The number of aromatic nitrogens is 2. The van der Waals surface area contributed by atoms with Crippen LogP contribution in [0.2, 0.25) is 0 Å². The molecular weight excluding hydrogens is 296 g/mol. The SMILES string of the molecule is CC1CCN(C(=O)c2cnc(-c3ccncc3)s2)C(CN)C1. The molecule has 2 aromatic heterocycles. The van der Waals surface area contributed by atoms with Crippen LogP contribution in [0, 0.1) is 5.92 Å². The van der Waals surface area contributed by atoms with Gasteiger partial charge in [0.05, 0.1) is 6.20 Å². The second kappa shape index (κ2) is 6.54. The van der Waals surface area contributed by atoms with Gasteiger partial charge in [-0.05, 0) is 30.9 Å². The fourth-order valence-electron chi connectivity index (χ4n) is 2.88. The minimum atomic E-state index is 0.0557. The molecule has 0 radical (unpaired) electrons. The van der Waals surface area contributed by atoms with Crippen molar-refractivity contribution in [2.24, 2.45) is 11.7 Å². The van der Waals surface area contributed by atoms with Crippen LogP contribution in [0.5, 0.6) is 0 Å². The quantitative estimate of drug-likeness (QED) is 0.944. The minimum Gasteiger partial charge on any atom is -0.334 e. The van der Waals surface area contributed by atoms with Gasteiger partial charge in [-0.2, -0.15) is 0 Å². The number of rotatable bonds is 3. The lowest BCUT2D eigenvalue weighted by Crippen LogP contribution is -2.49. The Morgan fingerprint density at radius 1 is 1.45 bits per heavy atom. The molecule has 1 aliphatic heterocycles. The Hall–Kier alpha value is -1.79. The maximum absolute atomic E-state index is 12.7. The third-order valence-corrected chi connectivity index (χ3v) is 5.19. The van der Waals surface area contributed by atoms with Gasteiger partial charge in [-0.25, -0.2) is 4.98 Å². The van der Waals surface area contributed by atoms with Crippen molar-refractivity contribution in [2.75, 3.05) is 13.1 Å². The van der Waals surface area contributed by atoms with E-state index in [1.165, 1.54) is 11.3 Å². The molecule has 0 aliphatic carbocycles. The van der Waals surface area contributed by atoms with E-state index in [0.29, 0.717) is 17.3 Å². The molecule has 0 aromatic carbocycles. The number of thiazole rings is 1. The molecule has 3 heterocycles. The van der Waals surface area contributed by atoms with Crippen LogP contribution in [-0.4, -0.2) is 39.9 Å². The number of amides is 1. The number of hydrogen-bond acceptors (Lipinski definition) is 5. The molecule has 1 fully saturated rings. The molecule has 1 saturated heterocycles. The molecule has 6 heteroatoms. The average Bonchev–Trinajstić information content (AvgIpc) is 3.05.